The second kappa shape index (κ2) is 14.1. The van der Waals surface area contributed by atoms with E-state index in [-0.39, 0.29) is 0 Å². The number of hydrogen-bond acceptors (Lipinski definition) is 6. The molecule has 0 aliphatic heterocycles. The van der Waals surface area contributed by atoms with Crippen LogP contribution in [0.3, 0.4) is 0 Å². The number of aromatic nitrogens is 4. The minimum absolute atomic E-state index is 0.416. The Kier molecular flexibility index (Phi) is 9.22. The van der Waals surface area contributed by atoms with Crippen molar-refractivity contribution in [3.8, 4) is 56.5 Å². The van der Waals surface area contributed by atoms with Gasteiger partial charge in [-0.15, -0.1) is 0 Å². The molecule has 0 saturated heterocycles. The lowest BCUT2D eigenvalue weighted by Gasteiger charge is -2.08. The van der Waals surface area contributed by atoms with Gasteiger partial charge in [0.05, 0.1) is 5.69 Å². The van der Waals surface area contributed by atoms with Crippen LogP contribution in [0.2, 0.25) is 0 Å². The van der Waals surface area contributed by atoms with Crippen molar-refractivity contribution in [1.82, 2.24) is 19.9 Å². The molecule has 0 aliphatic carbocycles. The van der Waals surface area contributed by atoms with E-state index >= 15 is 0 Å². The van der Waals surface area contributed by atoms with Crippen molar-refractivity contribution in [2.24, 2.45) is 0 Å². The van der Waals surface area contributed by atoms with E-state index in [0.717, 1.165) is 27.9 Å². The molecule has 6 nitrogen and oxygen atoms in total. The highest BCUT2D eigenvalue weighted by atomic mass is 16.4. The zero-order valence-electron chi connectivity index (χ0n) is 24.3. The highest BCUT2D eigenvalue weighted by molar-refractivity contribution is 6.58. The quantitative estimate of drug-likeness (QED) is 0.205. The number of rotatable bonds is 6. The molecule has 7 rings (SSSR count). The molecule has 0 spiro atoms. The van der Waals surface area contributed by atoms with Crippen LogP contribution >= 0.6 is 0 Å². The predicted octanol–water partition coefficient (Wildman–Crippen LogP) is 6.97. The molecule has 2 aromatic heterocycles. The van der Waals surface area contributed by atoms with Crippen molar-refractivity contribution in [1.29, 1.82) is 0 Å². The van der Waals surface area contributed by atoms with E-state index in [1.54, 1.807) is 24.3 Å². The van der Waals surface area contributed by atoms with E-state index in [0.29, 0.717) is 22.9 Å². The maximum Gasteiger partial charge on any atom is 0.488 e. The van der Waals surface area contributed by atoms with Crippen LogP contribution in [0.25, 0.3) is 56.5 Å². The summed E-state index contributed by atoms with van der Waals surface area (Å²) in [6.07, 6.45) is 1.87. The maximum atomic E-state index is 9.29. The average molecular weight is 584 g/mol. The highest BCUT2D eigenvalue weighted by Crippen LogP contribution is 2.25. The molecule has 7 heteroatoms. The Balaban J connectivity index is 0.000000172. The molecule has 0 bridgehead atoms. The van der Waals surface area contributed by atoms with Gasteiger partial charge < -0.3 is 10.0 Å². The zero-order valence-corrected chi connectivity index (χ0v) is 24.3. The van der Waals surface area contributed by atoms with Gasteiger partial charge in [0.1, 0.15) is 0 Å². The van der Waals surface area contributed by atoms with Gasteiger partial charge in [0, 0.05) is 28.5 Å². The van der Waals surface area contributed by atoms with E-state index in [4.69, 9.17) is 0 Å². The Morgan fingerprint density at radius 2 is 0.778 bits per heavy atom. The molecular weight excluding hydrogens is 555 g/mol. The predicted molar refractivity (Wildman–Crippen MR) is 181 cm³/mol. The van der Waals surface area contributed by atoms with Crippen molar-refractivity contribution >= 4 is 12.6 Å². The Morgan fingerprint density at radius 3 is 1.22 bits per heavy atom. The van der Waals surface area contributed by atoms with Gasteiger partial charge in [0.25, 0.3) is 0 Å². The number of benzene rings is 5. The van der Waals surface area contributed by atoms with Gasteiger partial charge in [-0.25, -0.2) is 15.0 Å². The summed E-state index contributed by atoms with van der Waals surface area (Å²) in [5.74, 6) is 1.71. The van der Waals surface area contributed by atoms with Gasteiger partial charge in [-0.05, 0) is 28.7 Å². The second-order valence-corrected chi connectivity index (χ2v) is 10.2. The lowest BCUT2D eigenvalue weighted by molar-refractivity contribution is 0.426. The van der Waals surface area contributed by atoms with E-state index in [1.807, 2.05) is 97.2 Å². The molecular formula is C38H29BN4O2. The normalized spacial score (nSPS) is 10.4. The van der Waals surface area contributed by atoms with Crippen LogP contribution in [0, 0.1) is 0 Å². The first-order valence-corrected chi connectivity index (χ1v) is 14.5. The van der Waals surface area contributed by atoms with Gasteiger partial charge in [-0.2, -0.15) is 0 Å². The number of nitrogens with zero attached hydrogens (tertiary/aromatic N) is 4. The van der Waals surface area contributed by atoms with Crippen LogP contribution in [0.5, 0.6) is 0 Å². The van der Waals surface area contributed by atoms with Crippen LogP contribution in [-0.4, -0.2) is 37.1 Å². The minimum Gasteiger partial charge on any atom is -0.423 e. The summed E-state index contributed by atoms with van der Waals surface area (Å²) >= 11 is 0. The van der Waals surface area contributed by atoms with Crippen molar-refractivity contribution < 1.29 is 10.0 Å². The molecule has 2 N–H and O–H groups in total. The Labute approximate surface area is 262 Å². The highest BCUT2D eigenvalue weighted by Gasteiger charge is 2.14. The monoisotopic (exact) mass is 584 g/mol. The molecule has 216 valence electrons. The smallest absolute Gasteiger partial charge is 0.423 e. The van der Waals surface area contributed by atoms with Crippen LogP contribution in [0.1, 0.15) is 0 Å². The van der Waals surface area contributed by atoms with Crippen molar-refractivity contribution in [2.75, 3.05) is 0 Å². The molecule has 0 unspecified atom stereocenters. The second-order valence-electron chi connectivity index (χ2n) is 10.2. The molecule has 0 saturated carbocycles. The third-order valence-corrected chi connectivity index (χ3v) is 7.10. The molecule has 0 aliphatic rings. The van der Waals surface area contributed by atoms with Crippen LogP contribution in [0.4, 0.5) is 0 Å². The van der Waals surface area contributed by atoms with Gasteiger partial charge in [-0.3, -0.25) is 4.98 Å². The fourth-order valence-corrected chi connectivity index (χ4v) is 4.75. The standard InChI is InChI=1S/C21H16BN3O2.C17H13N/c26-22(27)18-13-11-17(12-14-18)21-24-19(15-7-3-1-4-8-15)23-20(25-21)16-9-5-2-6-10-16;1-3-7-14(8-4-1)16-11-12-18-17(13-16)15-9-5-2-6-10-15/h1-14,26-27H;1-13H. The van der Waals surface area contributed by atoms with Gasteiger partial charge in [0.15, 0.2) is 17.5 Å². The first kappa shape index (κ1) is 29.3. The van der Waals surface area contributed by atoms with Crippen LogP contribution in [0.15, 0.2) is 164 Å². The summed E-state index contributed by atoms with van der Waals surface area (Å²) in [7, 11) is -1.50. The van der Waals surface area contributed by atoms with Crippen LogP contribution < -0.4 is 5.46 Å². The largest absolute Gasteiger partial charge is 0.488 e. The molecule has 0 atom stereocenters. The van der Waals surface area contributed by atoms with E-state index in [1.165, 1.54) is 11.1 Å². The van der Waals surface area contributed by atoms with Crippen molar-refractivity contribution in [3.63, 3.8) is 0 Å². The van der Waals surface area contributed by atoms with Crippen LogP contribution in [-0.2, 0) is 0 Å². The van der Waals surface area contributed by atoms with Crippen molar-refractivity contribution in [2.45, 2.75) is 0 Å². The maximum absolute atomic E-state index is 9.29. The zero-order chi connectivity index (χ0) is 30.8. The fraction of sp³-hybridized carbons (Fsp3) is 0. The lowest BCUT2D eigenvalue weighted by atomic mass is 9.80. The first-order chi connectivity index (χ1) is 22.1. The van der Waals surface area contributed by atoms with E-state index < -0.39 is 7.12 Å². The summed E-state index contributed by atoms with van der Waals surface area (Å²) in [5.41, 5.74) is 7.57. The molecule has 0 amide bonds. The Bertz CT molecular complexity index is 1850. The van der Waals surface area contributed by atoms with Gasteiger partial charge >= 0.3 is 7.12 Å². The van der Waals surface area contributed by atoms with Gasteiger partial charge in [-0.1, -0.05) is 146 Å². The average Bonchev–Trinajstić information content (AvgIpc) is 3.13. The molecule has 2 heterocycles. The molecule has 0 radical (unpaired) electrons. The van der Waals surface area contributed by atoms with E-state index in [9.17, 15) is 10.0 Å². The Morgan fingerprint density at radius 1 is 0.378 bits per heavy atom. The third-order valence-electron chi connectivity index (χ3n) is 7.10. The van der Waals surface area contributed by atoms with Crippen molar-refractivity contribution in [3.05, 3.63) is 164 Å². The first-order valence-electron chi connectivity index (χ1n) is 14.5. The van der Waals surface area contributed by atoms with E-state index in [2.05, 4.69) is 62.4 Å². The Hall–Kier alpha value is -5.76. The topological polar surface area (TPSA) is 92.0 Å². The fourth-order valence-electron chi connectivity index (χ4n) is 4.75. The molecule has 5 aromatic carbocycles. The van der Waals surface area contributed by atoms with Gasteiger partial charge in [0.2, 0.25) is 0 Å². The summed E-state index contributed by atoms with van der Waals surface area (Å²) in [6, 6.07) is 51.1. The lowest BCUT2D eigenvalue weighted by Crippen LogP contribution is -2.29. The molecule has 7 aromatic rings. The minimum atomic E-state index is -1.50. The molecule has 0 fully saturated rings. The SMILES string of the molecule is OB(O)c1ccc(-c2nc(-c3ccccc3)nc(-c3ccccc3)n2)cc1.c1ccc(-c2ccnc(-c3ccccc3)c2)cc1. The number of pyridine rings is 1. The summed E-state index contributed by atoms with van der Waals surface area (Å²) in [5, 5.41) is 18.6. The third kappa shape index (κ3) is 7.43. The number of hydrogen-bond donors (Lipinski definition) is 2. The summed E-state index contributed by atoms with van der Waals surface area (Å²) in [6.45, 7) is 0. The molecule has 45 heavy (non-hydrogen) atoms. The summed E-state index contributed by atoms with van der Waals surface area (Å²) < 4.78 is 0. The summed E-state index contributed by atoms with van der Waals surface area (Å²) in [4.78, 5) is 18.3.